The maximum absolute atomic E-state index is 13.6. The SMILES string of the molecule is CCOC(=O)c1c(-c2ccc(OCc3ccccc3)cc2)c(-c2ccc(OCc3ccccc3)cc2)cn1COCC[Si](C)(C)C. The van der Waals surface area contributed by atoms with Crippen LogP contribution in [0.15, 0.2) is 115 Å². The Hall–Kier alpha value is -4.59. The van der Waals surface area contributed by atoms with Gasteiger partial charge in [0.15, 0.2) is 0 Å². The highest BCUT2D eigenvalue weighted by Crippen LogP contribution is 2.39. The van der Waals surface area contributed by atoms with Crippen LogP contribution in [-0.2, 0) is 29.4 Å². The van der Waals surface area contributed by atoms with Crippen molar-refractivity contribution < 1.29 is 23.7 Å². The van der Waals surface area contributed by atoms with Gasteiger partial charge in [-0.25, -0.2) is 4.79 Å². The van der Waals surface area contributed by atoms with Gasteiger partial charge in [0, 0.05) is 32.0 Å². The second-order valence-corrected chi connectivity index (χ2v) is 18.0. The second-order valence-electron chi connectivity index (χ2n) is 12.4. The highest BCUT2D eigenvalue weighted by Gasteiger charge is 2.25. The number of carbonyl (C=O) groups excluding carboxylic acids is 1. The van der Waals surface area contributed by atoms with Crippen LogP contribution in [0.2, 0.25) is 25.7 Å². The molecule has 7 heteroatoms. The number of ether oxygens (including phenoxy) is 4. The van der Waals surface area contributed by atoms with Crippen LogP contribution >= 0.6 is 0 Å². The van der Waals surface area contributed by atoms with E-state index in [9.17, 15) is 4.79 Å². The van der Waals surface area contributed by atoms with Crippen LogP contribution in [0.3, 0.4) is 0 Å². The minimum Gasteiger partial charge on any atom is -0.489 e. The first kappa shape index (κ1) is 32.8. The van der Waals surface area contributed by atoms with Crippen LogP contribution in [0.4, 0.5) is 0 Å². The summed E-state index contributed by atoms with van der Waals surface area (Å²) >= 11 is 0. The Labute approximate surface area is 273 Å². The lowest BCUT2D eigenvalue weighted by Gasteiger charge is -2.16. The lowest BCUT2D eigenvalue weighted by Crippen LogP contribution is -2.22. The van der Waals surface area contributed by atoms with Gasteiger partial charge in [-0.2, -0.15) is 0 Å². The van der Waals surface area contributed by atoms with Gasteiger partial charge in [-0.3, -0.25) is 0 Å². The van der Waals surface area contributed by atoms with Crippen LogP contribution in [0.25, 0.3) is 22.3 Å². The quantitative estimate of drug-likeness (QED) is 0.0653. The topological polar surface area (TPSA) is 58.9 Å². The molecule has 0 fully saturated rings. The maximum atomic E-state index is 13.6. The molecule has 4 aromatic carbocycles. The Morgan fingerprint density at radius 3 is 1.72 bits per heavy atom. The van der Waals surface area contributed by atoms with Crippen molar-refractivity contribution in [3.05, 3.63) is 132 Å². The van der Waals surface area contributed by atoms with Gasteiger partial charge in [0.25, 0.3) is 0 Å². The Bertz CT molecular complexity index is 1680. The van der Waals surface area contributed by atoms with E-state index in [0.717, 1.165) is 50.9 Å². The van der Waals surface area contributed by atoms with E-state index in [4.69, 9.17) is 18.9 Å². The Balaban J connectivity index is 1.47. The van der Waals surface area contributed by atoms with Crippen LogP contribution < -0.4 is 9.47 Å². The lowest BCUT2D eigenvalue weighted by molar-refractivity contribution is 0.0474. The first-order valence-corrected chi connectivity index (χ1v) is 19.5. The fourth-order valence-electron chi connectivity index (χ4n) is 5.06. The zero-order valence-electron chi connectivity index (χ0n) is 27.2. The molecule has 0 radical (unpaired) electrons. The summed E-state index contributed by atoms with van der Waals surface area (Å²) in [5.41, 5.74) is 6.21. The van der Waals surface area contributed by atoms with Gasteiger partial charge in [0.05, 0.1) is 6.61 Å². The number of hydrogen-bond acceptors (Lipinski definition) is 5. The van der Waals surface area contributed by atoms with E-state index in [0.29, 0.717) is 25.5 Å². The van der Waals surface area contributed by atoms with E-state index in [1.54, 1.807) is 0 Å². The van der Waals surface area contributed by atoms with Crippen molar-refractivity contribution >= 4 is 14.0 Å². The third kappa shape index (κ3) is 8.99. The minimum absolute atomic E-state index is 0.252. The summed E-state index contributed by atoms with van der Waals surface area (Å²) in [6.45, 7) is 10.9. The van der Waals surface area contributed by atoms with Gasteiger partial charge in [-0.15, -0.1) is 0 Å². The molecule has 0 unspecified atom stereocenters. The largest absolute Gasteiger partial charge is 0.489 e. The van der Waals surface area contributed by atoms with Crippen LogP contribution in [0.5, 0.6) is 11.5 Å². The third-order valence-electron chi connectivity index (χ3n) is 7.58. The van der Waals surface area contributed by atoms with Crippen LogP contribution in [0.1, 0.15) is 28.5 Å². The van der Waals surface area contributed by atoms with Gasteiger partial charge in [-0.1, -0.05) is 105 Å². The maximum Gasteiger partial charge on any atom is 0.355 e. The van der Waals surface area contributed by atoms with Gasteiger partial charge in [0.2, 0.25) is 0 Å². The molecule has 1 heterocycles. The summed E-state index contributed by atoms with van der Waals surface area (Å²) in [6.07, 6.45) is 2.00. The van der Waals surface area contributed by atoms with Crippen LogP contribution in [-0.4, -0.2) is 31.8 Å². The third-order valence-corrected chi connectivity index (χ3v) is 9.28. The molecule has 0 atom stereocenters. The zero-order chi connectivity index (χ0) is 32.4. The molecule has 1 aromatic heterocycles. The molecule has 0 aliphatic rings. The molecule has 6 nitrogen and oxygen atoms in total. The van der Waals surface area contributed by atoms with E-state index in [2.05, 4.69) is 19.6 Å². The molecule has 0 amide bonds. The summed E-state index contributed by atoms with van der Waals surface area (Å²) in [7, 11) is -1.27. The molecule has 46 heavy (non-hydrogen) atoms. The number of benzene rings is 4. The summed E-state index contributed by atoms with van der Waals surface area (Å²) in [6, 6.07) is 37.1. The van der Waals surface area contributed by atoms with Crippen molar-refractivity contribution in [2.24, 2.45) is 0 Å². The molecule has 0 bridgehead atoms. The van der Waals surface area contributed by atoms with E-state index in [-0.39, 0.29) is 19.3 Å². The second kappa shape index (κ2) is 15.6. The normalized spacial score (nSPS) is 11.3. The Morgan fingerprint density at radius 1 is 0.696 bits per heavy atom. The number of carbonyl (C=O) groups is 1. The van der Waals surface area contributed by atoms with Crippen molar-refractivity contribution in [3.8, 4) is 33.8 Å². The van der Waals surface area contributed by atoms with Crippen molar-refractivity contribution in [1.82, 2.24) is 4.57 Å². The average molecular weight is 634 g/mol. The van der Waals surface area contributed by atoms with Gasteiger partial charge in [-0.05, 0) is 59.5 Å². The molecule has 0 aliphatic carbocycles. The van der Waals surface area contributed by atoms with Gasteiger partial charge >= 0.3 is 5.97 Å². The molecule has 0 saturated carbocycles. The predicted octanol–water partition coefficient (Wildman–Crippen LogP) is 9.47. The fraction of sp³-hybridized carbons (Fsp3) is 0.256. The Morgan fingerprint density at radius 2 is 1.22 bits per heavy atom. The summed E-state index contributed by atoms with van der Waals surface area (Å²) in [4.78, 5) is 13.6. The first-order chi connectivity index (χ1) is 22.3. The summed E-state index contributed by atoms with van der Waals surface area (Å²) in [5, 5.41) is 0. The molecular formula is C39H43NO5Si. The Kier molecular flexibility index (Phi) is 11.1. The van der Waals surface area contributed by atoms with E-state index >= 15 is 0 Å². The monoisotopic (exact) mass is 633 g/mol. The van der Waals surface area contributed by atoms with Crippen molar-refractivity contribution in [3.63, 3.8) is 0 Å². The molecule has 5 rings (SSSR count). The summed E-state index contributed by atoms with van der Waals surface area (Å²) < 4.78 is 25.7. The number of aromatic nitrogens is 1. The zero-order valence-corrected chi connectivity index (χ0v) is 28.2. The number of nitrogens with zero attached hydrogens (tertiary/aromatic N) is 1. The molecule has 5 aromatic rings. The van der Waals surface area contributed by atoms with E-state index < -0.39 is 8.07 Å². The van der Waals surface area contributed by atoms with Crippen molar-refractivity contribution in [1.29, 1.82) is 0 Å². The molecule has 238 valence electrons. The summed E-state index contributed by atoms with van der Waals surface area (Å²) in [5.74, 6) is 1.14. The number of esters is 1. The van der Waals surface area contributed by atoms with E-state index in [1.807, 2.05) is 127 Å². The highest BCUT2D eigenvalue weighted by atomic mass is 28.3. The molecule has 0 N–H and O–H groups in total. The number of rotatable bonds is 15. The van der Waals surface area contributed by atoms with E-state index in [1.165, 1.54) is 0 Å². The standard InChI is InChI=1S/C39H43NO5Si/c1-5-43-39(41)38-37(33-18-22-35(23-19-33)45-28-31-14-10-7-11-15-31)36(26-40(38)29-42-24-25-46(2,3)4)32-16-20-34(21-17-32)44-27-30-12-8-6-9-13-30/h6-23,26H,5,24-25,27-29H2,1-4H3. The molecule has 0 saturated heterocycles. The van der Waals surface area contributed by atoms with Gasteiger partial charge < -0.3 is 23.5 Å². The lowest BCUT2D eigenvalue weighted by atomic mass is 9.96. The highest BCUT2D eigenvalue weighted by molar-refractivity contribution is 6.76. The first-order valence-electron chi connectivity index (χ1n) is 15.8. The predicted molar refractivity (Wildman–Crippen MR) is 187 cm³/mol. The number of hydrogen-bond donors (Lipinski definition) is 0. The smallest absolute Gasteiger partial charge is 0.355 e. The average Bonchev–Trinajstić information content (AvgIpc) is 3.45. The van der Waals surface area contributed by atoms with Crippen molar-refractivity contribution in [2.75, 3.05) is 13.2 Å². The van der Waals surface area contributed by atoms with Crippen LogP contribution in [0, 0.1) is 0 Å². The fourth-order valence-corrected chi connectivity index (χ4v) is 5.82. The molecular weight excluding hydrogens is 591 g/mol. The molecule has 0 spiro atoms. The minimum atomic E-state index is -1.27. The van der Waals surface area contributed by atoms with Gasteiger partial charge in [0.1, 0.15) is 37.1 Å². The molecule has 0 aliphatic heterocycles. The van der Waals surface area contributed by atoms with Crippen molar-refractivity contribution in [2.45, 2.75) is 52.6 Å².